The Morgan fingerprint density at radius 3 is 2.38 bits per heavy atom. The van der Waals surface area contributed by atoms with Gasteiger partial charge in [-0.2, -0.15) is 0 Å². The Morgan fingerprint density at radius 1 is 1.14 bits per heavy atom. The molecule has 4 nitrogen and oxygen atoms in total. The third-order valence-corrected chi connectivity index (χ3v) is 4.47. The molecule has 0 fully saturated rings. The van der Waals surface area contributed by atoms with Gasteiger partial charge in [-0.3, -0.25) is 0 Å². The maximum Gasteiger partial charge on any atom is 0.188 e. The zero-order valence-corrected chi connectivity index (χ0v) is 13.8. The Bertz CT molecular complexity index is 620. The molecule has 21 heavy (non-hydrogen) atoms. The lowest BCUT2D eigenvalue weighted by Gasteiger charge is -2.10. The molecule has 1 aromatic heterocycles. The largest absolute Gasteiger partial charge is 0.496 e. The van der Waals surface area contributed by atoms with E-state index in [2.05, 4.69) is 23.0 Å². The highest BCUT2D eigenvalue weighted by atomic mass is 32.2. The number of ether oxygens (including phenoxy) is 1. The summed E-state index contributed by atoms with van der Waals surface area (Å²) in [6, 6.07) is 6.12. The Morgan fingerprint density at radius 2 is 1.81 bits per heavy atom. The zero-order chi connectivity index (χ0) is 15.4. The Labute approximate surface area is 130 Å². The molecule has 112 valence electrons. The fraction of sp³-hybridized carbons (Fsp3) is 0.375. The topological polar surface area (TPSA) is 61.0 Å². The smallest absolute Gasteiger partial charge is 0.188 e. The van der Waals surface area contributed by atoms with Crippen molar-refractivity contribution in [2.24, 2.45) is 5.73 Å². The van der Waals surface area contributed by atoms with E-state index in [1.807, 2.05) is 26.0 Å². The van der Waals surface area contributed by atoms with Crippen LogP contribution in [-0.4, -0.2) is 17.1 Å². The van der Waals surface area contributed by atoms with Gasteiger partial charge in [-0.1, -0.05) is 23.9 Å². The van der Waals surface area contributed by atoms with E-state index in [-0.39, 0.29) is 0 Å². The van der Waals surface area contributed by atoms with E-state index in [0.717, 1.165) is 39.2 Å². The molecule has 2 rings (SSSR count). The van der Waals surface area contributed by atoms with E-state index in [9.17, 15) is 0 Å². The van der Waals surface area contributed by atoms with Crippen LogP contribution >= 0.6 is 11.8 Å². The molecule has 1 heterocycles. The van der Waals surface area contributed by atoms with E-state index in [1.165, 1.54) is 5.56 Å². The van der Waals surface area contributed by atoms with Crippen molar-refractivity contribution in [3.8, 4) is 5.75 Å². The normalized spacial score (nSPS) is 10.7. The molecule has 0 bridgehead atoms. The molecule has 5 heteroatoms. The number of thioether (sulfide) groups is 1. The molecule has 0 aliphatic rings. The van der Waals surface area contributed by atoms with Crippen LogP contribution in [0.2, 0.25) is 0 Å². The highest BCUT2D eigenvalue weighted by Crippen LogP contribution is 2.25. The van der Waals surface area contributed by atoms with Crippen LogP contribution in [0, 0.1) is 20.8 Å². The van der Waals surface area contributed by atoms with Crippen molar-refractivity contribution in [3.63, 3.8) is 0 Å². The van der Waals surface area contributed by atoms with Crippen molar-refractivity contribution >= 4 is 11.8 Å². The van der Waals surface area contributed by atoms with E-state index in [0.29, 0.717) is 6.54 Å². The molecule has 0 saturated carbocycles. The van der Waals surface area contributed by atoms with Gasteiger partial charge >= 0.3 is 0 Å². The Kier molecular flexibility index (Phi) is 5.20. The molecule has 0 amide bonds. The van der Waals surface area contributed by atoms with Crippen LogP contribution < -0.4 is 10.5 Å². The monoisotopic (exact) mass is 303 g/mol. The van der Waals surface area contributed by atoms with Gasteiger partial charge in [-0.25, -0.2) is 9.97 Å². The van der Waals surface area contributed by atoms with Gasteiger partial charge in [0.05, 0.1) is 7.11 Å². The molecule has 0 unspecified atom stereocenters. The van der Waals surface area contributed by atoms with Gasteiger partial charge in [0.25, 0.3) is 0 Å². The second kappa shape index (κ2) is 6.91. The van der Waals surface area contributed by atoms with Gasteiger partial charge < -0.3 is 10.5 Å². The van der Waals surface area contributed by atoms with Crippen molar-refractivity contribution in [3.05, 3.63) is 46.3 Å². The first kappa shape index (κ1) is 15.8. The molecule has 0 aliphatic carbocycles. The first-order valence-corrected chi connectivity index (χ1v) is 7.84. The van der Waals surface area contributed by atoms with Gasteiger partial charge in [0.2, 0.25) is 0 Å². The number of hydrogen-bond donors (Lipinski definition) is 1. The van der Waals surface area contributed by atoms with E-state index < -0.39 is 0 Å². The maximum atomic E-state index is 5.68. The highest BCUT2D eigenvalue weighted by Gasteiger charge is 2.07. The van der Waals surface area contributed by atoms with Crippen molar-refractivity contribution in [2.45, 2.75) is 38.2 Å². The zero-order valence-electron chi connectivity index (χ0n) is 12.9. The summed E-state index contributed by atoms with van der Waals surface area (Å²) in [6.45, 7) is 6.58. The number of aryl methyl sites for hydroxylation is 2. The van der Waals surface area contributed by atoms with Crippen molar-refractivity contribution in [1.82, 2.24) is 9.97 Å². The number of hydrogen-bond acceptors (Lipinski definition) is 5. The van der Waals surface area contributed by atoms with E-state index in [1.54, 1.807) is 18.9 Å². The molecule has 0 aliphatic heterocycles. The summed E-state index contributed by atoms with van der Waals surface area (Å²) in [7, 11) is 1.67. The lowest BCUT2D eigenvalue weighted by molar-refractivity contribution is 0.409. The quantitative estimate of drug-likeness (QED) is 0.679. The summed E-state index contributed by atoms with van der Waals surface area (Å²) in [5, 5.41) is 0.817. The predicted octanol–water partition coefficient (Wildman–Crippen LogP) is 3.16. The van der Waals surface area contributed by atoms with Crippen LogP contribution in [0.1, 0.15) is 28.1 Å². The predicted molar refractivity (Wildman–Crippen MR) is 86.7 cm³/mol. The Hall–Kier alpha value is -1.59. The summed E-state index contributed by atoms with van der Waals surface area (Å²) in [4.78, 5) is 9.05. The van der Waals surface area contributed by atoms with E-state index >= 15 is 0 Å². The molecule has 0 radical (unpaired) electrons. The van der Waals surface area contributed by atoms with Gasteiger partial charge in [-0.05, 0) is 38.0 Å². The Balaban J connectivity index is 2.13. The first-order chi connectivity index (χ1) is 10.0. The molecule has 0 spiro atoms. The fourth-order valence-electron chi connectivity index (χ4n) is 2.00. The lowest BCUT2D eigenvalue weighted by atomic mass is 10.1. The first-order valence-electron chi connectivity index (χ1n) is 6.85. The number of methoxy groups -OCH3 is 1. The summed E-state index contributed by atoms with van der Waals surface area (Å²) in [5.74, 6) is 1.65. The van der Waals surface area contributed by atoms with Crippen LogP contribution in [0.5, 0.6) is 5.75 Å². The standard InChI is InChI=1S/C16H21N3OS/c1-10-11(2)18-16(19-12(10)3)21-9-13-5-6-14(8-17)15(7-13)20-4/h5-7H,8-9,17H2,1-4H3. The van der Waals surface area contributed by atoms with Gasteiger partial charge in [0.1, 0.15) is 5.75 Å². The highest BCUT2D eigenvalue weighted by molar-refractivity contribution is 7.98. The van der Waals surface area contributed by atoms with Crippen molar-refractivity contribution < 1.29 is 4.74 Å². The van der Waals surface area contributed by atoms with Crippen LogP contribution in [-0.2, 0) is 12.3 Å². The van der Waals surface area contributed by atoms with E-state index in [4.69, 9.17) is 10.5 Å². The average molecular weight is 303 g/mol. The number of nitrogens with two attached hydrogens (primary N) is 1. The summed E-state index contributed by atoms with van der Waals surface area (Å²) >= 11 is 1.63. The minimum Gasteiger partial charge on any atom is -0.496 e. The summed E-state index contributed by atoms with van der Waals surface area (Å²) in [6.07, 6.45) is 0. The third-order valence-electron chi connectivity index (χ3n) is 3.55. The summed E-state index contributed by atoms with van der Waals surface area (Å²) in [5.41, 5.74) is 11.1. The number of nitrogens with zero attached hydrogens (tertiary/aromatic N) is 2. The van der Waals surface area contributed by atoms with Gasteiger partial charge in [0, 0.05) is 29.2 Å². The SMILES string of the molecule is COc1cc(CSc2nc(C)c(C)c(C)n2)ccc1CN. The third kappa shape index (κ3) is 3.74. The number of rotatable bonds is 5. The molecule has 0 saturated heterocycles. The molecule has 0 atom stereocenters. The second-order valence-corrected chi connectivity index (χ2v) is 5.88. The van der Waals surface area contributed by atoms with Crippen molar-refractivity contribution in [2.75, 3.05) is 7.11 Å². The number of aromatic nitrogens is 2. The maximum absolute atomic E-state index is 5.68. The van der Waals surface area contributed by atoms with Crippen LogP contribution in [0.25, 0.3) is 0 Å². The molecule has 2 aromatic rings. The fourth-order valence-corrected chi connectivity index (χ4v) is 2.88. The van der Waals surface area contributed by atoms with Crippen molar-refractivity contribution in [1.29, 1.82) is 0 Å². The lowest BCUT2D eigenvalue weighted by Crippen LogP contribution is -2.01. The minimum absolute atomic E-state index is 0.482. The molecular weight excluding hydrogens is 282 g/mol. The average Bonchev–Trinajstić information content (AvgIpc) is 2.50. The van der Waals surface area contributed by atoms with Crippen LogP contribution in [0.4, 0.5) is 0 Å². The summed E-state index contributed by atoms with van der Waals surface area (Å²) < 4.78 is 5.36. The van der Waals surface area contributed by atoms with Crippen LogP contribution in [0.3, 0.4) is 0 Å². The molecule has 1 aromatic carbocycles. The second-order valence-electron chi connectivity index (χ2n) is 4.94. The molecule has 2 N–H and O–H groups in total. The van der Waals surface area contributed by atoms with Gasteiger partial charge in [0.15, 0.2) is 5.16 Å². The van der Waals surface area contributed by atoms with Crippen LogP contribution in [0.15, 0.2) is 23.4 Å². The number of benzene rings is 1. The molecular formula is C16H21N3OS. The minimum atomic E-state index is 0.482. The van der Waals surface area contributed by atoms with Gasteiger partial charge in [-0.15, -0.1) is 0 Å².